The third-order valence-corrected chi connectivity index (χ3v) is 24.0. The Morgan fingerprint density at radius 2 is 0.411 bits per heavy atom. The van der Waals surface area contributed by atoms with E-state index >= 15 is 0 Å². The van der Waals surface area contributed by atoms with Crippen molar-refractivity contribution in [2.75, 3.05) is 39.6 Å². The second kappa shape index (κ2) is 102. The van der Waals surface area contributed by atoms with Crippen LogP contribution in [0.1, 0.15) is 445 Å². The minimum atomic E-state index is -4.95. The molecule has 0 aromatic carbocycles. The van der Waals surface area contributed by atoms with Gasteiger partial charge in [0.2, 0.25) is 0 Å². The topological polar surface area (TPSA) is 231 Å². The van der Waals surface area contributed by atoms with Gasteiger partial charge in [-0.15, -0.1) is 0 Å². The molecular weight excluding hydrogens is 1650 g/mol. The molecule has 740 valence electrons. The number of aliphatic hydroxyl groups excluding tert-OH is 2. The van der Waals surface area contributed by atoms with E-state index in [2.05, 4.69) is 203 Å². The van der Waals surface area contributed by atoms with E-state index in [0.29, 0.717) is 19.3 Å². The summed E-state index contributed by atoms with van der Waals surface area (Å²) in [5, 5.41) is 20.8. The SMILES string of the molecule is CC/C=C\C/C=C\C/C=C\C/C=C\C/C=C\C/C=C\CCCCCCCCCCC(=O)OC(COC(=O)CCCCCCCCCCCCCCCCC/C=C\C/C=C\C/C=C\C/C=C\C/C=C\CC)COP(=O)(O)OCC(O)COP(=O)(O)OCC(O)COC(=O)CCCCCCCCCCCCCCCCCCCCC/C=C\C/C=C\C/C=C\C/C=C\CCCCC. The van der Waals surface area contributed by atoms with Crippen molar-refractivity contribution in [1.82, 2.24) is 0 Å². The van der Waals surface area contributed by atoms with Crippen molar-refractivity contribution < 1.29 is 75.8 Å². The zero-order chi connectivity index (χ0) is 93.5. The number of carbonyl (C=O) groups excluding carboxylic acids is 3. The Hall–Kier alpha value is -5.35. The molecule has 0 aromatic heterocycles. The molecule has 0 fully saturated rings. The summed E-state index contributed by atoms with van der Waals surface area (Å²) in [6.45, 7) is 2.49. The number of rotatable bonds is 98. The van der Waals surface area contributed by atoms with E-state index in [1.54, 1.807) is 0 Å². The summed E-state index contributed by atoms with van der Waals surface area (Å²) in [5.41, 5.74) is 0. The average Bonchev–Trinajstić information content (AvgIpc) is 0.896. The van der Waals surface area contributed by atoms with Crippen LogP contribution in [0.2, 0.25) is 0 Å². The van der Waals surface area contributed by atoms with Gasteiger partial charge in [-0.3, -0.25) is 32.5 Å². The number of ether oxygens (including phenoxy) is 3. The van der Waals surface area contributed by atoms with Gasteiger partial charge in [-0.05, 0) is 161 Å². The summed E-state index contributed by atoms with van der Waals surface area (Å²) in [7, 11) is -9.82. The Bertz CT molecular complexity index is 3080. The molecule has 0 aliphatic heterocycles. The van der Waals surface area contributed by atoms with E-state index in [4.69, 9.17) is 32.3 Å². The van der Waals surface area contributed by atoms with Gasteiger partial charge >= 0.3 is 33.6 Å². The average molecular weight is 1840 g/mol. The fraction of sp³-hybridized carbons (Fsp3) is 0.703. The van der Waals surface area contributed by atoms with E-state index in [9.17, 15) is 43.5 Å². The van der Waals surface area contributed by atoms with Crippen molar-refractivity contribution >= 4 is 33.6 Å². The molecule has 0 heterocycles. The van der Waals surface area contributed by atoms with Gasteiger partial charge in [0.1, 0.15) is 25.4 Å². The van der Waals surface area contributed by atoms with E-state index in [1.165, 1.54) is 212 Å². The van der Waals surface area contributed by atoms with Crippen LogP contribution in [0.5, 0.6) is 0 Å². The van der Waals surface area contributed by atoms with E-state index < -0.39 is 91.5 Å². The molecule has 0 aromatic rings. The molecule has 0 aliphatic carbocycles. The lowest BCUT2D eigenvalue weighted by molar-refractivity contribution is -0.161. The van der Waals surface area contributed by atoms with Crippen molar-refractivity contribution in [1.29, 1.82) is 0 Å². The summed E-state index contributed by atoms with van der Waals surface area (Å²) >= 11 is 0. The fourth-order valence-corrected chi connectivity index (χ4v) is 15.9. The molecule has 0 saturated heterocycles. The van der Waals surface area contributed by atoms with Gasteiger partial charge < -0.3 is 34.2 Å². The lowest BCUT2D eigenvalue weighted by atomic mass is 10.0. The van der Waals surface area contributed by atoms with E-state index in [0.717, 1.165) is 173 Å². The van der Waals surface area contributed by atoms with E-state index in [-0.39, 0.29) is 19.3 Å². The van der Waals surface area contributed by atoms with Gasteiger partial charge in [0, 0.05) is 19.3 Å². The van der Waals surface area contributed by atoms with E-state index in [1.807, 2.05) is 0 Å². The molecule has 5 unspecified atom stereocenters. The maximum Gasteiger partial charge on any atom is 0.472 e. The standard InChI is InChI=1S/C111H190O16P2/c1-4-7-10-13-16-19-22-25-28-31-34-37-40-43-46-48-50-51-52-53-55-57-59-61-64-67-70-73-76-79-82-85-88-91-94-97-109(114)121-100-106(112)101-123-128(117,118)124-102-107(113)103-125-129(119,120)126-105-108(127-111(116)99-96-93-90-87-84-81-78-75-72-69-66-63-58-45-42-39-36-33-30-27-24-21-18-15-12-9-6-3)104-122-110(115)98-95-92-89-86-83-80-77-74-71-68-65-62-60-56-54-49-47-44-41-38-35-32-29-26-23-20-17-14-11-8-5-2/h8-9,11-12,16-21,25-30,34-39,43-47,58,66,69,106-108,112-113H,4-7,10,13-15,22-24,31-33,40-42,48-57,59-65,67-68,70-105H2,1-3H3,(H,117,118)(H,119,120)/b11-8-,12-9-,19-16-,20-17-,21-18-,28-25-,29-26-,30-27-,37-34-,38-35-,39-36-,46-43-,47-44-,58-45-,69-66-. The molecule has 0 amide bonds. The van der Waals surface area contributed by atoms with Gasteiger partial charge in [-0.2, -0.15) is 0 Å². The summed E-state index contributed by atoms with van der Waals surface area (Å²) in [6, 6.07) is 0. The molecule has 5 atom stereocenters. The summed E-state index contributed by atoms with van der Waals surface area (Å²) in [6.07, 6.45) is 135. The van der Waals surface area contributed by atoms with Crippen LogP contribution in [0.15, 0.2) is 182 Å². The van der Waals surface area contributed by atoms with Crippen LogP contribution in [0, 0.1) is 0 Å². The number of phosphoric acid groups is 2. The highest BCUT2D eigenvalue weighted by Gasteiger charge is 2.30. The zero-order valence-electron chi connectivity index (χ0n) is 82.0. The fourth-order valence-electron chi connectivity index (χ4n) is 14.3. The number of aliphatic hydroxyl groups is 2. The number of esters is 3. The predicted octanol–water partition coefficient (Wildman–Crippen LogP) is 33.1. The van der Waals surface area contributed by atoms with Crippen molar-refractivity contribution in [2.45, 2.75) is 463 Å². The highest BCUT2D eigenvalue weighted by atomic mass is 31.2. The Kier molecular flexibility index (Phi) is 97.4. The first-order chi connectivity index (χ1) is 63.2. The number of phosphoric ester groups is 2. The van der Waals surface area contributed by atoms with Crippen LogP contribution in [-0.2, 0) is 55.8 Å². The normalized spacial score (nSPS) is 14.4. The highest BCUT2D eigenvalue weighted by Crippen LogP contribution is 2.45. The molecule has 0 aliphatic rings. The van der Waals surface area contributed by atoms with Gasteiger partial charge in [-0.1, -0.05) is 447 Å². The van der Waals surface area contributed by atoms with Crippen LogP contribution in [0.3, 0.4) is 0 Å². The summed E-state index contributed by atoms with van der Waals surface area (Å²) in [4.78, 5) is 59.2. The lowest BCUT2D eigenvalue weighted by Crippen LogP contribution is -2.30. The minimum Gasteiger partial charge on any atom is -0.463 e. The van der Waals surface area contributed by atoms with Gasteiger partial charge in [0.25, 0.3) is 0 Å². The van der Waals surface area contributed by atoms with Gasteiger partial charge in [0.15, 0.2) is 6.10 Å². The molecule has 0 radical (unpaired) electrons. The molecule has 16 nitrogen and oxygen atoms in total. The number of carbonyl (C=O) groups is 3. The minimum absolute atomic E-state index is 0.0902. The molecule has 18 heteroatoms. The molecule has 0 spiro atoms. The van der Waals surface area contributed by atoms with Crippen LogP contribution < -0.4 is 0 Å². The Morgan fingerprint density at radius 3 is 0.651 bits per heavy atom. The highest BCUT2D eigenvalue weighted by molar-refractivity contribution is 7.47. The van der Waals surface area contributed by atoms with Crippen molar-refractivity contribution in [3.05, 3.63) is 182 Å². The van der Waals surface area contributed by atoms with Crippen molar-refractivity contribution in [2.24, 2.45) is 0 Å². The quantitative estimate of drug-likeness (QED) is 0.0146. The maximum absolute atomic E-state index is 13.1. The second-order valence-electron chi connectivity index (χ2n) is 34.6. The zero-order valence-corrected chi connectivity index (χ0v) is 83.8. The largest absolute Gasteiger partial charge is 0.472 e. The smallest absolute Gasteiger partial charge is 0.463 e. The monoisotopic (exact) mass is 1840 g/mol. The van der Waals surface area contributed by atoms with Crippen LogP contribution in [0.25, 0.3) is 0 Å². The van der Waals surface area contributed by atoms with Gasteiger partial charge in [-0.25, -0.2) is 9.13 Å². The van der Waals surface area contributed by atoms with Crippen LogP contribution in [0.4, 0.5) is 0 Å². The third-order valence-electron chi connectivity index (χ3n) is 22.1. The van der Waals surface area contributed by atoms with Gasteiger partial charge in [0.05, 0.1) is 26.4 Å². The first-order valence-corrected chi connectivity index (χ1v) is 55.1. The first kappa shape index (κ1) is 124. The maximum atomic E-state index is 13.1. The number of hydrogen-bond acceptors (Lipinski definition) is 14. The van der Waals surface area contributed by atoms with Crippen LogP contribution in [-0.4, -0.2) is 95.9 Å². The number of unbranched alkanes of at least 4 members (excludes halogenated alkanes) is 45. The molecule has 129 heavy (non-hydrogen) atoms. The molecule has 4 N–H and O–H groups in total. The van der Waals surface area contributed by atoms with Crippen molar-refractivity contribution in [3.63, 3.8) is 0 Å². The number of hydrogen-bond donors (Lipinski definition) is 4. The Morgan fingerprint density at radius 1 is 0.225 bits per heavy atom. The van der Waals surface area contributed by atoms with Crippen molar-refractivity contribution in [3.8, 4) is 0 Å². The Balaban J connectivity index is 4.59. The number of allylic oxidation sites excluding steroid dienone is 30. The summed E-state index contributed by atoms with van der Waals surface area (Å²) < 4.78 is 61.7. The lowest BCUT2D eigenvalue weighted by Gasteiger charge is -2.21. The predicted molar refractivity (Wildman–Crippen MR) is 546 cm³/mol. The third kappa shape index (κ3) is 103. The van der Waals surface area contributed by atoms with Crippen LogP contribution >= 0.6 is 15.6 Å². The molecule has 0 saturated carbocycles. The molecule has 0 rings (SSSR count). The summed E-state index contributed by atoms with van der Waals surface area (Å²) in [5.74, 6) is -1.57. The Labute approximate surface area is 789 Å². The second-order valence-corrected chi connectivity index (χ2v) is 37.5. The molecule has 0 bridgehead atoms. The first-order valence-electron chi connectivity index (χ1n) is 52.1. The molecular formula is C111H190O16P2.